The number of piperidine rings is 1. The number of nitrogens with zero attached hydrogens (tertiary/aromatic N) is 3. The summed E-state index contributed by atoms with van der Waals surface area (Å²) < 4.78 is 1.97. The van der Waals surface area contributed by atoms with E-state index in [-0.39, 0.29) is 42.8 Å². The van der Waals surface area contributed by atoms with Crippen LogP contribution in [0.5, 0.6) is 0 Å². The maximum absolute atomic E-state index is 12.1. The minimum atomic E-state index is 0. The van der Waals surface area contributed by atoms with Gasteiger partial charge in [-0.2, -0.15) is 0 Å². The molecule has 2 N–H and O–H groups in total. The Hall–Kier alpha value is -0.780. The van der Waals surface area contributed by atoms with Crippen molar-refractivity contribution in [1.82, 2.24) is 14.5 Å². The number of rotatable bonds is 2. The zero-order chi connectivity index (χ0) is 12.0. The number of amides is 1. The average molecular weight is 307 g/mol. The standard InChI is InChI=1S/C12H18N4O.2ClH/c1-15-7-14-6-10(15)12-9(13)4-5-11(17)16(12)8-2-3-8;;/h6-9,12H,2-5,13H2,1H3;2*1H/t9-,12-;;/m1../s1. The summed E-state index contributed by atoms with van der Waals surface area (Å²) in [6.07, 6.45) is 7.20. The summed E-state index contributed by atoms with van der Waals surface area (Å²) in [7, 11) is 1.96. The van der Waals surface area contributed by atoms with Crippen LogP contribution in [-0.2, 0) is 11.8 Å². The van der Waals surface area contributed by atoms with Crippen molar-refractivity contribution in [1.29, 1.82) is 0 Å². The quantitative estimate of drug-likeness (QED) is 0.898. The Labute approximate surface area is 125 Å². The molecule has 1 saturated carbocycles. The highest BCUT2D eigenvalue weighted by atomic mass is 35.5. The van der Waals surface area contributed by atoms with E-state index in [2.05, 4.69) is 4.98 Å². The number of halogens is 2. The van der Waals surface area contributed by atoms with E-state index < -0.39 is 0 Å². The van der Waals surface area contributed by atoms with Crippen LogP contribution in [-0.4, -0.2) is 32.4 Å². The van der Waals surface area contributed by atoms with E-state index in [1.54, 1.807) is 6.33 Å². The molecule has 0 bridgehead atoms. The van der Waals surface area contributed by atoms with Gasteiger partial charge in [-0.3, -0.25) is 4.79 Å². The van der Waals surface area contributed by atoms with Crippen LogP contribution in [0.4, 0.5) is 0 Å². The van der Waals surface area contributed by atoms with E-state index in [1.165, 1.54) is 0 Å². The van der Waals surface area contributed by atoms with Crippen molar-refractivity contribution < 1.29 is 4.79 Å². The fourth-order valence-corrected chi connectivity index (χ4v) is 2.74. The van der Waals surface area contributed by atoms with Gasteiger partial charge < -0.3 is 15.2 Å². The predicted octanol–water partition coefficient (Wildman–Crippen LogP) is 1.42. The third-order valence-electron chi connectivity index (χ3n) is 3.78. The first kappa shape index (κ1) is 16.3. The van der Waals surface area contributed by atoms with Crippen LogP contribution in [0.3, 0.4) is 0 Å². The Kier molecular flexibility index (Phi) is 5.24. The molecule has 1 saturated heterocycles. The van der Waals surface area contributed by atoms with Gasteiger partial charge in [0, 0.05) is 25.6 Å². The zero-order valence-corrected chi connectivity index (χ0v) is 12.5. The number of hydrogen-bond donors (Lipinski definition) is 1. The number of likely N-dealkylation sites (tertiary alicyclic amines) is 1. The summed E-state index contributed by atoms with van der Waals surface area (Å²) in [5.74, 6) is 0.250. The van der Waals surface area contributed by atoms with Gasteiger partial charge in [0.15, 0.2) is 0 Å². The smallest absolute Gasteiger partial charge is 0.223 e. The first-order valence-corrected chi connectivity index (χ1v) is 6.21. The van der Waals surface area contributed by atoms with Gasteiger partial charge in [0.1, 0.15) is 0 Å². The molecule has 1 amide bonds. The van der Waals surface area contributed by atoms with E-state index >= 15 is 0 Å². The summed E-state index contributed by atoms with van der Waals surface area (Å²) >= 11 is 0. The number of nitrogens with two attached hydrogens (primary N) is 1. The van der Waals surface area contributed by atoms with Crippen LogP contribution in [0.2, 0.25) is 0 Å². The van der Waals surface area contributed by atoms with Crippen molar-refractivity contribution in [2.24, 2.45) is 12.8 Å². The van der Waals surface area contributed by atoms with E-state index in [1.807, 2.05) is 22.7 Å². The molecule has 5 nitrogen and oxygen atoms in total. The molecule has 2 heterocycles. The lowest BCUT2D eigenvalue weighted by Crippen LogP contribution is -2.50. The molecule has 0 unspecified atom stereocenters. The number of hydrogen-bond acceptors (Lipinski definition) is 3. The molecule has 2 fully saturated rings. The van der Waals surface area contributed by atoms with Crippen molar-refractivity contribution in [2.75, 3.05) is 0 Å². The van der Waals surface area contributed by atoms with Gasteiger partial charge in [-0.1, -0.05) is 0 Å². The zero-order valence-electron chi connectivity index (χ0n) is 10.9. The third-order valence-corrected chi connectivity index (χ3v) is 3.78. The van der Waals surface area contributed by atoms with E-state index in [4.69, 9.17) is 5.73 Å². The van der Waals surface area contributed by atoms with Gasteiger partial charge >= 0.3 is 0 Å². The Morgan fingerprint density at radius 3 is 2.53 bits per heavy atom. The monoisotopic (exact) mass is 306 g/mol. The van der Waals surface area contributed by atoms with Crippen molar-refractivity contribution >= 4 is 30.7 Å². The van der Waals surface area contributed by atoms with Crippen LogP contribution in [0.15, 0.2) is 12.5 Å². The maximum Gasteiger partial charge on any atom is 0.223 e. The first-order chi connectivity index (χ1) is 8.18. The third kappa shape index (κ3) is 2.88. The molecule has 0 radical (unpaired) electrons. The Bertz CT molecular complexity index is 447. The second kappa shape index (κ2) is 6.11. The Morgan fingerprint density at radius 2 is 2.00 bits per heavy atom. The van der Waals surface area contributed by atoms with Gasteiger partial charge in [-0.15, -0.1) is 24.8 Å². The van der Waals surface area contributed by atoms with E-state index in [9.17, 15) is 4.79 Å². The Morgan fingerprint density at radius 1 is 1.32 bits per heavy atom. The number of carbonyl (C=O) groups is 1. The number of aryl methyl sites for hydroxylation is 1. The second-order valence-electron chi connectivity index (χ2n) is 5.11. The fourth-order valence-electron chi connectivity index (χ4n) is 2.74. The summed E-state index contributed by atoms with van der Waals surface area (Å²) in [6, 6.07) is 0.452. The highest BCUT2D eigenvalue weighted by Gasteiger charge is 2.43. The van der Waals surface area contributed by atoms with Crippen LogP contribution in [0, 0.1) is 0 Å². The highest BCUT2D eigenvalue weighted by Crippen LogP contribution is 2.39. The molecule has 0 aromatic carbocycles. The topological polar surface area (TPSA) is 64.2 Å². The number of aromatic nitrogens is 2. The van der Waals surface area contributed by atoms with Crippen LogP contribution in [0.25, 0.3) is 0 Å². The lowest BCUT2D eigenvalue weighted by Gasteiger charge is -2.40. The molecule has 0 spiro atoms. The molecule has 108 valence electrons. The first-order valence-electron chi connectivity index (χ1n) is 6.21. The Balaban J connectivity index is 0.000000902. The van der Waals surface area contributed by atoms with Gasteiger partial charge in [0.2, 0.25) is 5.91 Å². The predicted molar refractivity (Wildman–Crippen MR) is 77.5 cm³/mol. The molecule has 1 aliphatic heterocycles. The fraction of sp³-hybridized carbons (Fsp3) is 0.667. The number of carbonyl (C=O) groups excluding carboxylic acids is 1. The van der Waals surface area contributed by atoms with E-state index in [0.29, 0.717) is 12.5 Å². The molecule has 7 heteroatoms. The van der Waals surface area contributed by atoms with E-state index in [0.717, 1.165) is 25.0 Å². The molecule has 2 aliphatic rings. The summed E-state index contributed by atoms with van der Waals surface area (Å²) in [5.41, 5.74) is 7.28. The van der Waals surface area contributed by atoms with Crippen molar-refractivity contribution in [3.63, 3.8) is 0 Å². The minimum Gasteiger partial charge on any atom is -0.336 e. The van der Waals surface area contributed by atoms with Gasteiger partial charge in [-0.05, 0) is 19.3 Å². The largest absolute Gasteiger partial charge is 0.336 e. The lowest BCUT2D eigenvalue weighted by molar-refractivity contribution is -0.138. The summed E-state index contributed by atoms with van der Waals surface area (Å²) in [6.45, 7) is 0. The van der Waals surface area contributed by atoms with Crippen LogP contribution >= 0.6 is 24.8 Å². The number of imidazole rings is 1. The van der Waals surface area contributed by atoms with Crippen LogP contribution in [0.1, 0.15) is 37.4 Å². The van der Waals surface area contributed by atoms with Crippen LogP contribution < -0.4 is 5.73 Å². The molecule has 1 aromatic heterocycles. The van der Waals surface area contributed by atoms with Gasteiger partial charge in [0.05, 0.1) is 24.3 Å². The summed E-state index contributed by atoms with van der Waals surface area (Å²) in [4.78, 5) is 18.2. The molecule has 19 heavy (non-hydrogen) atoms. The highest BCUT2D eigenvalue weighted by molar-refractivity contribution is 5.85. The van der Waals surface area contributed by atoms with Gasteiger partial charge in [0.25, 0.3) is 0 Å². The SMILES string of the molecule is Cl.Cl.Cn1cncc1[C@H]1[C@H](N)CCC(=O)N1C1CC1. The maximum atomic E-state index is 12.1. The normalized spacial score (nSPS) is 26.6. The van der Waals surface area contributed by atoms with Crippen molar-refractivity contribution in [2.45, 2.75) is 43.8 Å². The molecule has 1 aromatic rings. The molecular formula is C12H20Cl2N4O. The minimum absolute atomic E-state index is 0. The second-order valence-corrected chi connectivity index (χ2v) is 5.11. The lowest BCUT2D eigenvalue weighted by atomic mass is 9.93. The van der Waals surface area contributed by atoms with Gasteiger partial charge in [-0.25, -0.2) is 4.98 Å². The molecular weight excluding hydrogens is 287 g/mol. The van der Waals surface area contributed by atoms with Crippen molar-refractivity contribution in [3.05, 3.63) is 18.2 Å². The average Bonchev–Trinajstić information content (AvgIpc) is 3.05. The molecule has 1 aliphatic carbocycles. The summed E-state index contributed by atoms with van der Waals surface area (Å²) in [5, 5.41) is 0. The molecule has 3 rings (SSSR count). The molecule has 2 atom stereocenters. The van der Waals surface area contributed by atoms with Crippen molar-refractivity contribution in [3.8, 4) is 0 Å².